The number of halogens is 1. The van der Waals surface area contributed by atoms with Crippen LogP contribution >= 0.6 is 0 Å². The van der Waals surface area contributed by atoms with Crippen molar-refractivity contribution < 1.29 is 15.5 Å². The smallest absolute Gasteiger partial charge is 1.00 e. The van der Waals surface area contributed by atoms with Crippen molar-refractivity contribution in [3.63, 3.8) is 0 Å². The van der Waals surface area contributed by atoms with Gasteiger partial charge in [-0.1, -0.05) is 0 Å². The molecule has 0 aliphatic carbocycles. The fourth-order valence-corrected chi connectivity index (χ4v) is 4.04. The van der Waals surface area contributed by atoms with Crippen LogP contribution in [-0.2, 0) is 0 Å². The minimum atomic E-state index is -0.411. The summed E-state index contributed by atoms with van der Waals surface area (Å²) in [6, 6.07) is 19.2. The molecule has 2 aromatic rings. The standard InChI is InChI=1S/C16H14OTe.ClH/c1-12-7-9-13(10-8-12)15-11-16(18-17-15)14-5-3-2-4-6-14;/h2-11,17H,1H3;1H/q+1;/p-1. The quantitative estimate of drug-likeness (QED) is 0.499. The van der Waals surface area contributed by atoms with E-state index in [2.05, 4.69) is 67.6 Å². The van der Waals surface area contributed by atoms with Gasteiger partial charge >= 0.3 is 118 Å². The van der Waals surface area contributed by atoms with Gasteiger partial charge in [-0.25, -0.2) is 0 Å². The maximum absolute atomic E-state index is 4.75. The van der Waals surface area contributed by atoms with Gasteiger partial charge in [-0.2, -0.15) is 0 Å². The van der Waals surface area contributed by atoms with E-state index in [0.29, 0.717) is 0 Å². The van der Waals surface area contributed by atoms with Gasteiger partial charge in [0.25, 0.3) is 0 Å². The van der Waals surface area contributed by atoms with Crippen molar-refractivity contribution >= 4 is 30.2 Å². The molecule has 1 radical (unpaired) electrons. The second-order valence-electron chi connectivity index (χ2n) is 4.31. The molecule has 0 fully saturated rings. The van der Waals surface area contributed by atoms with Crippen LogP contribution in [0.1, 0.15) is 16.7 Å². The van der Waals surface area contributed by atoms with Gasteiger partial charge in [-0.3, -0.25) is 0 Å². The van der Waals surface area contributed by atoms with Gasteiger partial charge in [-0.05, 0) is 0 Å². The Morgan fingerprint density at radius 1 is 0.842 bits per heavy atom. The predicted molar refractivity (Wildman–Crippen MR) is 77.7 cm³/mol. The first-order valence-electron chi connectivity index (χ1n) is 5.92. The summed E-state index contributed by atoms with van der Waals surface area (Å²) in [6.07, 6.45) is 2.25. The average molecular weight is 385 g/mol. The van der Waals surface area contributed by atoms with E-state index in [4.69, 9.17) is 3.10 Å². The Morgan fingerprint density at radius 2 is 1.53 bits per heavy atom. The van der Waals surface area contributed by atoms with Gasteiger partial charge in [0.15, 0.2) is 0 Å². The first-order valence-corrected chi connectivity index (χ1v) is 8.13. The maximum Gasteiger partial charge on any atom is -1.00 e. The fraction of sp³-hybridized carbons (Fsp3) is 0.0625. The van der Waals surface area contributed by atoms with Crippen molar-refractivity contribution in [2.45, 2.75) is 6.92 Å². The number of hydrogen-bond acceptors (Lipinski definition) is 0. The first kappa shape index (κ1) is 14.3. The first-order chi connectivity index (χ1) is 8.83. The summed E-state index contributed by atoms with van der Waals surface area (Å²) >= 11 is -0.411. The molecule has 1 heterocycles. The summed E-state index contributed by atoms with van der Waals surface area (Å²) in [4.78, 5) is 0. The number of hydrogen-bond donors (Lipinski definition) is 0. The van der Waals surface area contributed by atoms with E-state index in [0.717, 1.165) is 5.76 Å². The number of aliphatic hydroxyl groups is 1. The van der Waals surface area contributed by atoms with Gasteiger partial charge in [0.1, 0.15) is 0 Å². The SMILES string of the molecule is Cc1ccc(C2=CC(c3ccccc3)=[Te][OH+]2)cc1.[Cl-]. The Hall–Kier alpha value is -1.07. The van der Waals surface area contributed by atoms with Crippen LogP contribution in [0.2, 0.25) is 0 Å². The molecule has 0 saturated carbocycles. The summed E-state index contributed by atoms with van der Waals surface area (Å²) in [5.74, 6) is 1.15. The molecule has 0 bridgehead atoms. The normalized spacial score (nSPS) is 13.1. The van der Waals surface area contributed by atoms with Crippen molar-refractivity contribution in [1.82, 2.24) is 0 Å². The zero-order valence-corrected chi connectivity index (χ0v) is 13.6. The molecular formula is C16H14ClOTe. The van der Waals surface area contributed by atoms with Crippen LogP contribution in [0.4, 0.5) is 0 Å². The molecule has 0 aromatic heterocycles. The summed E-state index contributed by atoms with van der Waals surface area (Å²) in [7, 11) is 0. The number of aryl methyl sites for hydroxylation is 1. The monoisotopic (exact) mass is 387 g/mol. The molecule has 0 spiro atoms. The van der Waals surface area contributed by atoms with Crippen LogP contribution in [0.15, 0.2) is 60.7 Å². The van der Waals surface area contributed by atoms with E-state index in [-0.39, 0.29) is 12.4 Å². The van der Waals surface area contributed by atoms with Crippen molar-refractivity contribution in [3.8, 4) is 0 Å². The molecule has 0 saturated heterocycles. The van der Waals surface area contributed by atoms with E-state index in [1.807, 2.05) is 0 Å². The average Bonchev–Trinajstić information content (AvgIpc) is 2.90. The van der Waals surface area contributed by atoms with E-state index in [1.165, 1.54) is 20.2 Å². The van der Waals surface area contributed by atoms with Gasteiger partial charge < -0.3 is 12.4 Å². The van der Waals surface area contributed by atoms with Crippen LogP contribution in [-0.4, -0.2) is 27.5 Å². The molecule has 19 heavy (non-hydrogen) atoms. The molecule has 0 unspecified atom stereocenters. The predicted octanol–water partition coefficient (Wildman–Crippen LogP) is -0.279. The summed E-state index contributed by atoms with van der Waals surface area (Å²) in [6.45, 7) is 2.11. The molecule has 1 aliphatic rings. The zero-order valence-electron chi connectivity index (χ0n) is 10.5. The van der Waals surface area contributed by atoms with E-state index in [9.17, 15) is 0 Å². The van der Waals surface area contributed by atoms with Crippen LogP contribution in [0, 0.1) is 6.92 Å². The zero-order chi connectivity index (χ0) is 12.4. The third kappa shape index (κ3) is 3.28. The summed E-state index contributed by atoms with van der Waals surface area (Å²) < 4.78 is 6.17. The minimum Gasteiger partial charge on any atom is -1.00 e. The van der Waals surface area contributed by atoms with Gasteiger partial charge in [0.2, 0.25) is 0 Å². The number of benzene rings is 2. The molecule has 3 rings (SSSR count). The van der Waals surface area contributed by atoms with E-state index >= 15 is 0 Å². The van der Waals surface area contributed by atoms with Crippen molar-refractivity contribution in [1.29, 1.82) is 0 Å². The van der Waals surface area contributed by atoms with Crippen LogP contribution in [0.3, 0.4) is 0 Å². The molecule has 1 nitrogen and oxygen atoms in total. The molecule has 1 aliphatic heterocycles. The number of allylic oxidation sites excluding steroid dienone is 1. The Labute approximate surface area is 129 Å². The fourth-order valence-electron chi connectivity index (χ4n) is 1.87. The van der Waals surface area contributed by atoms with Crippen LogP contribution in [0.25, 0.3) is 5.76 Å². The molecule has 0 atom stereocenters. The van der Waals surface area contributed by atoms with E-state index in [1.54, 1.807) is 0 Å². The Kier molecular flexibility index (Phi) is 4.82. The summed E-state index contributed by atoms with van der Waals surface area (Å²) in [5, 5.41) is 0. The van der Waals surface area contributed by atoms with Crippen LogP contribution < -0.4 is 12.4 Å². The third-order valence-electron chi connectivity index (χ3n) is 2.92. The third-order valence-corrected chi connectivity index (χ3v) is 5.31. The second kappa shape index (κ2) is 6.39. The second-order valence-corrected chi connectivity index (χ2v) is 6.61. The Balaban J connectivity index is 0.00000133. The largest absolute Gasteiger partial charge is 1.00 e. The molecule has 3 heteroatoms. The molecule has 1 N–H and O–H groups in total. The van der Waals surface area contributed by atoms with E-state index < -0.39 is 20.9 Å². The summed E-state index contributed by atoms with van der Waals surface area (Å²) in [5.41, 5.74) is 3.85. The number of rotatable bonds is 2. The molecule has 97 valence electrons. The topological polar surface area (TPSA) is 12.8 Å². The Bertz CT molecular complexity index is 615. The minimum absolute atomic E-state index is 0. The van der Waals surface area contributed by atoms with Crippen molar-refractivity contribution in [2.75, 3.05) is 0 Å². The Morgan fingerprint density at radius 3 is 2.21 bits per heavy atom. The van der Waals surface area contributed by atoms with Gasteiger partial charge in [0.05, 0.1) is 0 Å². The van der Waals surface area contributed by atoms with Crippen molar-refractivity contribution in [2.24, 2.45) is 0 Å². The van der Waals surface area contributed by atoms with Gasteiger partial charge in [0, 0.05) is 0 Å². The molecular weight excluding hydrogens is 371 g/mol. The van der Waals surface area contributed by atoms with Crippen molar-refractivity contribution in [3.05, 3.63) is 77.4 Å². The molecule has 0 amide bonds. The molecule has 2 aromatic carbocycles. The maximum atomic E-state index is 4.75. The van der Waals surface area contributed by atoms with Gasteiger partial charge in [-0.15, -0.1) is 0 Å². The van der Waals surface area contributed by atoms with Crippen LogP contribution in [0.5, 0.6) is 0 Å².